The van der Waals surface area contributed by atoms with Crippen LogP contribution < -0.4 is 11.3 Å². The summed E-state index contributed by atoms with van der Waals surface area (Å²) in [7, 11) is 0. The van der Waals surface area contributed by atoms with E-state index >= 15 is 0 Å². The van der Waals surface area contributed by atoms with Crippen molar-refractivity contribution in [3.8, 4) is 0 Å². The van der Waals surface area contributed by atoms with Gasteiger partial charge >= 0.3 is 5.97 Å². The Labute approximate surface area is 106 Å². The highest BCUT2D eigenvalue weighted by Gasteiger charge is 2.22. The molecule has 0 radical (unpaired) electrons. The second-order valence-corrected chi connectivity index (χ2v) is 4.41. The van der Waals surface area contributed by atoms with Crippen molar-refractivity contribution in [2.24, 2.45) is 11.8 Å². The maximum absolute atomic E-state index is 11.4. The molecule has 0 rings (SSSR count). The number of aliphatic hydroxyl groups is 1. The molecule has 5 N–H and O–H groups in total. The van der Waals surface area contributed by atoms with E-state index in [0.29, 0.717) is 0 Å². The van der Waals surface area contributed by atoms with Crippen LogP contribution >= 0.6 is 0 Å². The Morgan fingerprint density at radius 2 is 2.00 bits per heavy atom. The monoisotopic (exact) mass is 262 g/mol. The Hall–Kier alpha value is -1.18. The third-order valence-electron chi connectivity index (χ3n) is 2.40. The third kappa shape index (κ3) is 7.99. The molecule has 7 nitrogen and oxygen atoms in total. The zero-order chi connectivity index (χ0) is 14.1. The van der Waals surface area contributed by atoms with Gasteiger partial charge in [-0.25, -0.2) is 5.84 Å². The molecule has 18 heavy (non-hydrogen) atoms. The number of amides is 1. The van der Waals surface area contributed by atoms with Crippen LogP contribution in [0, 0.1) is 5.92 Å². The highest BCUT2D eigenvalue weighted by Crippen LogP contribution is 2.14. The number of hydrogen-bond acceptors (Lipinski definition) is 5. The summed E-state index contributed by atoms with van der Waals surface area (Å²) in [5.74, 6) is 2.93. The molecule has 0 aromatic carbocycles. The molecule has 2 atom stereocenters. The maximum Gasteiger partial charge on any atom is 0.303 e. The van der Waals surface area contributed by atoms with Gasteiger partial charge in [0.25, 0.3) is 0 Å². The fourth-order valence-corrected chi connectivity index (χ4v) is 1.47. The SMILES string of the molecule is CC(C)OC[C@H](O)C[C@H](CCC(=O)O)C(=O)NN. The molecule has 0 heterocycles. The predicted molar refractivity (Wildman–Crippen MR) is 64.4 cm³/mol. The smallest absolute Gasteiger partial charge is 0.303 e. The fourth-order valence-electron chi connectivity index (χ4n) is 1.47. The lowest BCUT2D eigenvalue weighted by molar-refractivity contribution is -0.137. The zero-order valence-electron chi connectivity index (χ0n) is 10.8. The van der Waals surface area contributed by atoms with E-state index in [0.717, 1.165) is 0 Å². The van der Waals surface area contributed by atoms with Crippen molar-refractivity contribution in [1.29, 1.82) is 0 Å². The van der Waals surface area contributed by atoms with Gasteiger partial charge in [0, 0.05) is 12.3 Å². The van der Waals surface area contributed by atoms with Crippen molar-refractivity contribution in [1.82, 2.24) is 5.43 Å². The standard InChI is InChI=1S/C11H22N2O5/c1-7(2)18-6-9(14)5-8(11(17)13-12)3-4-10(15)16/h7-9,14H,3-6,12H2,1-2H3,(H,13,17)(H,15,16)/t8-,9+/m0/s1. The predicted octanol–water partition coefficient (Wildman–Crippen LogP) is -0.367. The molecule has 106 valence electrons. The quantitative estimate of drug-likeness (QED) is 0.255. The van der Waals surface area contributed by atoms with Crippen molar-refractivity contribution in [2.75, 3.05) is 6.61 Å². The van der Waals surface area contributed by atoms with Gasteiger partial charge in [-0.05, 0) is 26.7 Å². The number of aliphatic carboxylic acids is 1. The summed E-state index contributed by atoms with van der Waals surface area (Å²) < 4.78 is 5.21. The molecule has 0 aliphatic heterocycles. The number of carboxylic acids is 1. The van der Waals surface area contributed by atoms with Gasteiger partial charge in [0.05, 0.1) is 18.8 Å². The molecular formula is C11H22N2O5. The van der Waals surface area contributed by atoms with E-state index in [9.17, 15) is 14.7 Å². The van der Waals surface area contributed by atoms with Crippen molar-refractivity contribution in [3.05, 3.63) is 0 Å². The van der Waals surface area contributed by atoms with Crippen LogP contribution in [0.25, 0.3) is 0 Å². The number of nitrogens with two attached hydrogens (primary N) is 1. The Balaban J connectivity index is 4.21. The largest absolute Gasteiger partial charge is 0.481 e. The summed E-state index contributed by atoms with van der Waals surface area (Å²) in [6, 6.07) is 0. The van der Waals surface area contributed by atoms with Crippen LogP contribution in [0.2, 0.25) is 0 Å². The molecule has 1 amide bonds. The van der Waals surface area contributed by atoms with Crippen LogP contribution in [0.4, 0.5) is 0 Å². The molecular weight excluding hydrogens is 240 g/mol. The minimum Gasteiger partial charge on any atom is -0.481 e. The highest BCUT2D eigenvalue weighted by molar-refractivity contribution is 5.78. The van der Waals surface area contributed by atoms with Crippen LogP contribution in [0.3, 0.4) is 0 Å². The van der Waals surface area contributed by atoms with Crippen molar-refractivity contribution in [2.45, 2.75) is 45.3 Å². The van der Waals surface area contributed by atoms with Gasteiger partial charge in [-0.2, -0.15) is 0 Å². The highest BCUT2D eigenvalue weighted by atomic mass is 16.5. The van der Waals surface area contributed by atoms with E-state index in [2.05, 4.69) is 0 Å². The van der Waals surface area contributed by atoms with Gasteiger partial charge < -0.3 is 14.9 Å². The first-order chi connectivity index (χ1) is 8.36. The second kappa shape index (κ2) is 8.84. The zero-order valence-corrected chi connectivity index (χ0v) is 10.8. The van der Waals surface area contributed by atoms with Crippen molar-refractivity contribution in [3.63, 3.8) is 0 Å². The summed E-state index contributed by atoms with van der Waals surface area (Å²) in [4.78, 5) is 21.9. The van der Waals surface area contributed by atoms with Crippen LogP contribution in [-0.4, -0.2) is 40.9 Å². The fraction of sp³-hybridized carbons (Fsp3) is 0.818. The summed E-state index contributed by atoms with van der Waals surface area (Å²) in [6.45, 7) is 3.78. The number of rotatable bonds is 9. The van der Waals surface area contributed by atoms with E-state index in [1.165, 1.54) is 0 Å². The topological polar surface area (TPSA) is 122 Å². The normalized spacial score (nSPS) is 14.3. The van der Waals surface area contributed by atoms with Crippen LogP contribution in [0.5, 0.6) is 0 Å². The maximum atomic E-state index is 11.4. The molecule has 7 heteroatoms. The van der Waals surface area contributed by atoms with E-state index in [1.807, 2.05) is 19.3 Å². The van der Waals surface area contributed by atoms with Gasteiger partial charge in [0.2, 0.25) is 5.91 Å². The van der Waals surface area contributed by atoms with Crippen molar-refractivity contribution >= 4 is 11.9 Å². The van der Waals surface area contributed by atoms with E-state index < -0.39 is 23.9 Å². The first-order valence-electron chi connectivity index (χ1n) is 5.88. The molecule has 0 saturated carbocycles. The second-order valence-electron chi connectivity index (χ2n) is 4.41. The minimum absolute atomic E-state index is 0.0135. The molecule has 0 bridgehead atoms. The first kappa shape index (κ1) is 16.8. The molecule has 0 fully saturated rings. The Bertz CT molecular complexity index is 270. The number of carbonyl (C=O) groups is 2. The Morgan fingerprint density at radius 1 is 1.39 bits per heavy atom. The average molecular weight is 262 g/mol. The lowest BCUT2D eigenvalue weighted by atomic mass is 9.95. The lowest BCUT2D eigenvalue weighted by Gasteiger charge is -2.19. The third-order valence-corrected chi connectivity index (χ3v) is 2.40. The number of nitrogens with one attached hydrogen (secondary N) is 1. The van der Waals surface area contributed by atoms with Gasteiger partial charge in [-0.3, -0.25) is 15.0 Å². The average Bonchev–Trinajstić information content (AvgIpc) is 2.30. The Kier molecular flexibility index (Phi) is 8.27. The molecule has 0 aliphatic carbocycles. The van der Waals surface area contributed by atoms with Gasteiger partial charge in [-0.15, -0.1) is 0 Å². The number of carboxylic acid groups (broad SMARTS) is 1. The van der Waals surface area contributed by atoms with Crippen LogP contribution in [0.1, 0.15) is 33.1 Å². The van der Waals surface area contributed by atoms with Crippen LogP contribution in [-0.2, 0) is 14.3 Å². The molecule has 0 aromatic rings. The molecule has 0 aliphatic rings. The Morgan fingerprint density at radius 3 is 2.44 bits per heavy atom. The molecule has 0 saturated heterocycles. The van der Waals surface area contributed by atoms with Gasteiger partial charge in [0.15, 0.2) is 0 Å². The number of aliphatic hydroxyl groups excluding tert-OH is 1. The minimum atomic E-state index is -0.988. The van der Waals surface area contributed by atoms with E-state index in [1.54, 1.807) is 0 Å². The van der Waals surface area contributed by atoms with Crippen molar-refractivity contribution < 1.29 is 24.5 Å². The number of carbonyl (C=O) groups excluding carboxylic acids is 1. The summed E-state index contributed by atoms with van der Waals surface area (Å²) in [5, 5.41) is 18.3. The number of hydrazine groups is 1. The van der Waals surface area contributed by atoms with Crippen LogP contribution in [0.15, 0.2) is 0 Å². The summed E-state index contributed by atoms with van der Waals surface area (Å²) >= 11 is 0. The molecule has 0 aromatic heterocycles. The molecule has 0 spiro atoms. The summed E-state index contributed by atoms with van der Waals surface area (Å²) in [6.07, 6.45) is -0.709. The lowest BCUT2D eigenvalue weighted by Crippen LogP contribution is -2.38. The number of ether oxygens (including phenoxy) is 1. The van der Waals surface area contributed by atoms with E-state index in [4.69, 9.17) is 15.7 Å². The number of hydrogen-bond donors (Lipinski definition) is 4. The van der Waals surface area contributed by atoms with E-state index in [-0.39, 0.29) is 32.0 Å². The first-order valence-corrected chi connectivity index (χ1v) is 5.88. The molecule has 0 unspecified atom stereocenters. The van der Waals surface area contributed by atoms with Gasteiger partial charge in [0.1, 0.15) is 0 Å². The summed E-state index contributed by atoms with van der Waals surface area (Å²) in [5.41, 5.74) is 1.98. The van der Waals surface area contributed by atoms with Gasteiger partial charge in [-0.1, -0.05) is 0 Å².